The van der Waals surface area contributed by atoms with Gasteiger partial charge in [0.05, 0.1) is 13.0 Å². The fraction of sp³-hybridized carbons (Fsp3) is 0.833. The Labute approximate surface area is 73.8 Å². The predicted octanol–water partition coefficient (Wildman–Crippen LogP) is 0.617. The van der Waals surface area contributed by atoms with Crippen molar-refractivity contribution in [2.24, 2.45) is 10.9 Å². The van der Waals surface area contributed by atoms with Crippen LogP contribution < -0.4 is 5.73 Å². The normalized spacial score (nSPS) is 13.8. The molecule has 0 aliphatic rings. The molecule has 0 rings (SSSR count). The third kappa shape index (κ3) is 7.38. The van der Waals surface area contributed by atoms with Gasteiger partial charge < -0.3 is 10.9 Å². The Morgan fingerprint density at radius 2 is 2.08 bits per heavy atom. The smallest absolute Gasteiger partial charge is 0.390 e. The molecular weight excluding hydrogens is 187 g/mol. The molecule has 0 unspecified atom stereocenters. The Morgan fingerprint density at radius 1 is 1.54 bits per heavy atom. The lowest BCUT2D eigenvalue weighted by Gasteiger charge is -2.16. The van der Waals surface area contributed by atoms with Gasteiger partial charge in [0.15, 0.2) is 5.84 Å². The van der Waals surface area contributed by atoms with Crippen LogP contribution in [0.2, 0.25) is 0 Å². The zero-order valence-electron chi connectivity index (χ0n) is 7.17. The summed E-state index contributed by atoms with van der Waals surface area (Å²) in [6, 6.07) is 0. The molecule has 0 aromatic rings. The molecule has 0 saturated heterocycles. The van der Waals surface area contributed by atoms with Crippen molar-refractivity contribution in [3.8, 4) is 0 Å². The maximum absolute atomic E-state index is 11.7. The van der Waals surface area contributed by atoms with Gasteiger partial charge >= 0.3 is 6.18 Å². The highest BCUT2D eigenvalue weighted by Gasteiger charge is 2.27. The minimum Gasteiger partial charge on any atom is -0.409 e. The molecular formula is C6H12F3N3O. The molecule has 0 heterocycles. The Morgan fingerprint density at radius 3 is 2.46 bits per heavy atom. The van der Waals surface area contributed by atoms with Crippen molar-refractivity contribution in [2.45, 2.75) is 12.6 Å². The van der Waals surface area contributed by atoms with Crippen molar-refractivity contribution < 1.29 is 18.4 Å². The van der Waals surface area contributed by atoms with Crippen LogP contribution in [-0.4, -0.2) is 42.3 Å². The summed E-state index contributed by atoms with van der Waals surface area (Å²) in [6.45, 7) is -0.147. The molecule has 0 atom stereocenters. The Balaban J connectivity index is 3.70. The highest BCUT2D eigenvalue weighted by Crippen LogP contribution is 2.19. The molecule has 0 fully saturated rings. The lowest BCUT2D eigenvalue weighted by molar-refractivity contribution is -0.137. The minimum atomic E-state index is -4.17. The van der Waals surface area contributed by atoms with Crippen molar-refractivity contribution in [3.63, 3.8) is 0 Å². The zero-order valence-corrected chi connectivity index (χ0v) is 7.17. The van der Waals surface area contributed by atoms with E-state index in [1.165, 1.54) is 11.9 Å². The molecule has 0 radical (unpaired) electrons. The zero-order chi connectivity index (χ0) is 10.5. The summed E-state index contributed by atoms with van der Waals surface area (Å²) < 4.78 is 35.1. The van der Waals surface area contributed by atoms with Crippen LogP contribution in [0, 0.1) is 0 Å². The van der Waals surface area contributed by atoms with Gasteiger partial charge in [-0.3, -0.25) is 4.90 Å². The lowest BCUT2D eigenvalue weighted by atomic mass is 10.4. The highest BCUT2D eigenvalue weighted by molar-refractivity contribution is 5.81. The lowest BCUT2D eigenvalue weighted by Crippen LogP contribution is -2.33. The molecule has 0 bridgehead atoms. The van der Waals surface area contributed by atoms with Gasteiger partial charge in [-0.15, -0.1) is 0 Å². The van der Waals surface area contributed by atoms with Gasteiger partial charge in [-0.2, -0.15) is 13.2 Å². The van der Waals surface area contributed by atoms with Gasteiger partial charge in [-0.05, 0) is 7.05 Å². The third-order valence-electron chi connectivity index (χ3n) is 1.34. The number of nitrogens with two attached hydrogens (primary N) is 1. The maximum Gasteiger partial charge on any atom is 0.390 e. The molecule has 13 heavy (non-hydrogen) atoms. The van der Waals surface area contributed by atoms with Gasteiger partial charge in [-0.25, -0.2) is 0 Å². The molecule has 0 aliphatic heterocycles. The molecule has 0 aromatic carbocycles. The van der Waals surface area contributed by atoms with Gasteiger partial charge in [0.25, 0.3) is 0 Å². The molecule has 4 nitrogen and oxygen atoms in total. The van der Waals surface area contributed by atoms with Gasteiger partial charge in [0.1, 0.15) is 0 Å². The summed E-state index contributed by atoms with van der Waals surface area (Å²) in [5, 5.41) is 10.8. The number of hydrogen-bond donors (Lipinski definition) is 2. The fourth-order valence-corrected chi connectivity index (χ4v) is 0.705. The minimum absolute atomic E-state index is 0.0204. The van der Waals surface area contributed by atoms with Crippen molar-refractivity contribution >= 4 is 5.84 Å². The van der Waals surface area contributed by atoms with E-state index in [1.807, 2.05) is 0 Å². The van der Waals surface area contributed by atoms with Crippen LogP contribution in [0.15, 0.2) is 5.16 Å². The van der Waals surface area contributed by atoms with E-state index >= 15 is 0 Å². The quantitative estimate of drug-likeness (QED) is 0.302. The summed E-state index contributed by atoms with van der Waals surface area (Å²) in [4.78, 5) is 1.32. The first kappa shape index (κ1) is 12.0. The van der Waals surface area contributed by atoms with Crippen LogP contribution in [-0.2, 0) is 0 Å². The Hall–Kier alpha value is -0.980. The van der Waals surface area contributed by atoms with Crippen LogP contribution in [0.25, 0.3) is 0 Å². The summed E-state index contributed by atoms with van der Waals surface area (Å²) >= 11 is 0. The second kappa shape index (κ2) is 4.90. The summed E-state index contributed by atoms with van der Waals surface area (Å²) in [5.41, 5.74) is 5.09. The molecule has 78 valence electrons. The number of rotatable bonds is 4. The average molecular weight is 199 g/mol. The number of oxime groups is 1. The van der Waals surface area contributed by atoms with Crippen molar-refractivity contribution in [1.82, 2.24) is 4.90 Å². The van der Waals surface area contributed by atoms with E-state index in [1.54, 1.807) is 0 Å². The maximum atomic E-state index is 11.7. The average Bonchev–Trinajstić information content (AvgIpc) is 1.99. The van der Waals surface area contributed by atoms with Crippen molar-refractivity contribution in [2.75, 3.05) is 20.1 Å². The van der Waals surface area contributed by atoms with Crippen LogP contribution in [0.5, 0.6) is 0 Å². The molecule has 7 heteroatoms. The van der Waals surface area contributed by atoms with E-state index in [2.05, 4.69) is 5.16 Å². The highest BCUT2D eigenvalue weighted by atomic mass is 19.4. The third-order valence-corrected chi connectivity index (χ3v) is 1.34. The first-order valence-electron chi connectivity index (χ1n) is 3.57. The number of likely N-dealkylation sites (N-methyl/N-ethyl adjacent to an activating group) is 1. The van der Waals surface area contributed by atoms with Crippen LogP contribution in [0.4, 0.5) is 13.2 Å². The molecule has 0 amide bonds. The Bertz CT molecular complexity index is 180. The number of hydrogen-bond acceptors (Lipinski definition) is 3. The van der Waals surface area contributed by atoms with Crippen molar-refractivity contribution in [3.05, 3.63) is 0 Å². The number of amidine groups is 1. The van der Waals surface area contributed by atoms with Gasteiger partial charge in [0.2, 0.25) is 0 Å². The van der Waals surface area contributed by atoms with Crippen LogP contribution >= 0.6 is 0 Å². The van der Waals surface area contributed by atoms with Gasteiger partial charge in [-0.1, -0.05) is 5.16 Å². The largest absolute Gasteiger partial charge is 0.409 e. The SMILES string of the molecule is CN(CCC(F)(F)F)CC(N)=NO. The summed E-state index contributed by atoms with van der Waals surface area (Å²) in [5.74, 6) is -0.107. The molecule has 0 aromatic heterocycles. The van der Waals surface area contributed by atoms with E-state index in [0.717, 1.165) is 0 Å². The molecule has 3 N–H and O–H groups in total. The Kier molecular flexibility index (Phi) is 4.53. The van der Waals surface area contributed by atoms with Crippen LogP contribution in [0.3, 0.4) is 0 Å². The number of nitrogens with zero attached hydrogens (tertiary/aromatic N) is 2. The van der Waals surface area contributed by atoms with Crippen LogP contribution in [0.1, 0.15) is 6.42 Å². The second-order valence-electron chi connectivity index (χ2n) is 2.69. The predicted molar refractivity (Wildman–Crippen MR) is 41.6 cm³/mol. The summed E-state index contributed by atoms with van der Waals surface area (Å²) in [6.07, 6.45) is -5.07. The first-order valence-corrected chi connectivity index (χ1v) is 3.57. The topological polar surface area (TPSA) is 61.8 Å². The van der Waals surface area contributed by atoms with E-state index < -0.39 is 12.6 Å². The fourth-order valence-electron chi connectivity index (χ4n) is 0.705. The second-order valence-corrected chi connectivity index (χ2v) is 2.69. The van der Waals surface area contributed by atoms with E-state index in [9.17, 15) is 13.2 Å². The standard InChI is InChI=1S/C6H12F3N3O/c1-12(4-5(10)11-13)3-2-6(7,8)9/h13H,2-4H2,1H3,(H2,10,11). The van der Waals surface area contributed by atoms with E-state index in [-0.39, 0.29) is 18.9 Å². The van der Waals surface area contributed by atoms with Crippen molar-refractivity contribution in [1.29, 1.82) is 0 Å². The van der Waals surface area contributed by atoms with E-state index in [0.29, 0.717) is 0 Å². The molecule has 0 aliphatic carbocycles. The summed E-state index contributed by atoms with van der Waals surface area (Å²) in [7, 11) is 1.46. The van der Waals surface area contributed by atoms with Gasteiger partial charge in [0, 0.05) is 6.54 Å². The number of halogens is 3. The van der Waals surface area contributed by atoms with E-state index in [4.69, 9.17) is 10.9 Å². The first-order chi connectivity index (χ1) is 5.85. The number of alkyl halides is 3. The molecule has 0 saturated carbocycles. The molecule has 0 spiro atoms. The monoisotopic (exact) mass is 199 g/mol.